The smallest absolute Gasteiger partial charge is 0.244 e. The molecule has 2 aromatic carbocycles. The Hall–Kier alpha value is -3.27. The number of anilines is 1. The summed E-state index contributed by atoms with van der Waals surface area (Å²) in [4.78, 5) is 27.0. The van der Waals surface area contributed by atoms with E-state index in [-0.39, 0.29) is 18.1 Å². The van der Waals surface area contributed by atoms with Crippen LogP contribution in [0.5, 0.6) is 11.5 Å². The average Bonchev–Trinajstić information content (AvgIpc) is 2.81. The molecule has 0 unspecified atom stereocenters. The maximum atomic E-state index is 13.3. The fraction of sp³-hybridized carbons (Fsp3) is 0.391. The van der Waals surface area contributed by atoms with Crippen molar-refractivity contribution < 1.29 is 27.5 Å². The number of nitrogens with one attached hydrogen (secondary N) is 1. The Morgan fingerprint density at radius 3 is 2.21 bits per heavy atom. The van der Waals surface area contributed by atoms with Crippen molar-refractivity contribution in [3.63, 3.8) is 0 Å². The Balaban J connectivity index is 2.35. The first-order valence-corrected chi connectivity index (χ1v) is 12.2. The monoisotopic (exact) mass is 477 g/mol. The number of nitrogens with zero attached hydrogens (tertiary/aromatic N) is 2. The zero-order valence-corrected chi connectivity index (χ0v) is 20.4. The van der Waals surface area contributed by atoms with Gasteiger partial charge in [0, 0.05) is 19.7 Å². The molecule has 2 aromatic rings. The Kier molecular flexibility index (Phi) is 9.10. The van der Waals surface area contributed by atoms with Gasteiger partial charge in [0.05, 0.1) is 26.2 Å². The van der Waals surface area contributed by atoms with E-state index in [1.54, 1.807) is 13.0 Å². The zero-order valence-electron chi connectivity index (χ0n) is 19.6. The van der Waals surface area contributed by atoms with Crippen molar-refractivity contribution >= 4 is 27.5 Å². The van der Waals surface area contributed by atoms with E-state index in [1.165, 1.54) is 38.3 Å². The lowest BCUT2D eigenvalue weighted by atomic mass is 10.1. The highest BCUT2D eigenvalue weighted by molar-refractivity contribution is 7.92. The topological polar surface area (TPSA) is 105 Å². The summed E-state index contributed by atoms with van der Waals surface area (Å²) in [7, 11) is 0.581. The number of hydrogen-bond acceptors (Lipinski definition) is 6. The van der Waals surface area contributed by atoms with Crippen molar-refractivity contribution in [1.82, 2.24) is 10.2 Å². The molecule has 0 spiro atoms. The van der Waals surface area contributed by atoms with Crippen LogP contribution in [0.4, 0.5) is 5.69 Å². The summed E-state index contributed by atoms with van der Waals surface area (Å²) in [6, 6.07) is 13.4. The molecule has 0 fully saturated rings. The molecule has 0 bridgehead atoms. The van der Waals surface area contributed by atoms with Crippen LogP contribution in [0.25, 0.3) is 0 Å². The quantitative estimate of drug-likeness (QED) is 0.528. The number of sulfonamides is 1. The highest BCUT2D eigenvalue weighted by Gasteiger charge is 2.29. The largest absolute Gasteiger partial charge is 0.493 e. The van der Waals surface area contributed by atoms with Crippen molar-refractivity contribution in [2.45, 2.75) is 19.4 Å². The van der Waals surface area contributed by atoms with Crippen molar-refractivity contribution in [3.05, 3.63) is 54.1 Å². The first-order valence-electron chi connectivity index (χ1n) is 10.4. The number of benzene rings is 2. The van der Waals surface area contributed by atoms with Gasteiger partial charge in [0.25, 0.3) is 0 Å². The number of methoxy groups -OCH3 is 2. The summed E-state index contributed by atoms with van der Waals surface area (Å²) in [6.45, 7) is 1.40. The van der Waals surface area contributed by atoms with Gasteiger partial charge >= 0.3 is 0 Å². The third kappa shape index (κ3) is 6.85. The fourth-order valence-corrected chi connectivity index (χ4v) is 4.21. The molecule has 1 atom stereocenters. The number of carbonyl (C=O) groups excluding carboxylic acids is 2. The number of hydrogen-bond donors (Lipinski definition) is 1. The Morgan fingerprint density at radius 1 is 1.03 bits per heavy atom. The van der Waals surface area contributed by atoms with Gasteiger partial charge in [-0.15, -0.1) is 0 Å². The van der Waals surface area contributed by atoms with Gasteiger partial charge in [0.2, 0.25) is 21.8 Å². The molecule has 0 radical (unpaired) electrons. The molecule has 1 N–H and O–H groups in total. The zero-order chi connectivity index (χ0) is 24.6. The predicted molar refractivity (Wildman–Crippen MR) is 127 cm³/mol. The lowest BCUT2D eigenvalue weighted by molar-refractivity contribution is -0.138. The van der Waals surface area contributed by atoms with E-state index in [0.29, 0.717) is 17.9 Å². The Bertz CT molecular complexity index is 1060. The molecule has 0 aromatic heterocycles. The lowest BCUT2D eigenvalue weighted by Crippen LogP contribution is -2.51. The maximum absolute atomic E-state index is 13.3. The van der Waals surface area contributed by atoms with E-state index in [0.717, 1.165) is 16.1 Å². The number of ether oxygens (including phenoxy) is 2. The van der Waals surface area contributed by atoms with Crippen molar-refractivity contribution in [2.24, 2.45) is 0 Å². The molecule has 0 aliphatic heterocycles. The van der Waals surface area contributed by atoms with E-state index in [1.807, 2.05) is 30.3 Å². The maximum Gasteiger partial charge on any atom is 0.244 e. The van der Waals surface area contributed by atoms with E-state index in [2.05, 4.69) is 5.32 Å². The summed E-state index contributed by atoms with van der Waals surface area (Å²) in [6.07, 6.45) is 1.54. The molecule has 2 rings (SSSR count). The molecular weight excluding hydrogens is 446 g/mol. The van der Waals surface area contributed by atoms with Crippen LogP contribution in [-0.4, -0.2) is 71.8 Å². The minimum Gasteiger partial charge on any atom is -0.493 e. The normalized spacial score (nSPS) is 11.9. The van der Waals surface area contributed by atoms with Crippen LogP contribution in [0.2, 0.25) is 0 Å². The van der Waals surface area contributed by atoms with Crippen molar-refractivity contribution in [2.75, 3.05) is 44.9 Å². The highest BCUT2D eigenvalue weighted by Crippen LogP contribution is 2.32. The summed E-state index contributed by atoms with van der Waals surface area (Å²) >= 11 is 0. The molecule has 33 heavy (non-hydrogen) atoms. The van der Waals surface area contributed by atoms with Crippen LogP contribution >= 0.6 is 0 Å². The van der Waals surface area contributed by atoms with Crippen molar-refractivity contribution in [1.29, 1.82) is 0 Å². The average molecular weight is 478 g/mol. The molecule has 0 saturated heterocycles. The van der Waals surface area contributed by atoms with Gasteiger partial charge in [-0.05, 0) is 31.0 Å². The molecule has 180 valence electrons. The van der Waals surface area contributed by atoms with Gasteiger partial charge in [0.15, 0.2) is 11.5 Å². The standard InChI is InChI=1S/C23H31N3O6S/c1-17(23(28)24-2)25(14-13-18-9-7-6-8-10-18)22(27)16-26(33(5,29)30)19-11-12-20(31-3)21(15-19)32-4/h6-12,15,17H,13-14,16H2,1-5H3,(H,24,28)/t17-/m0/s1. The molecular formula is C23H31N3O6S. The second-order valence-corrected chi connectivity index (χ2v) is 9.33. The third-order valence-electron chi connectivity index (χ3n) is 5.23. The van der Waals surface area contributed by atoms with Crippen LogP contribution < -0.4 is 19.1 Å². The second-order valence-electron chi connectivity index (χ2n) is 7.42. The van der Waals surface area contributed by atoms with Crippen LogP contribution in [-0.2, 0) is 26.0 Å². The summed E-state index contributed by atoms with van der Waals surface area (Å²) in [5.74, 6) is -0.0785. The molecule has 0 heterocycles. The van der Waals surface area contributed by atoms with Gasteiger partial charge in [-0.25, -0.2) is 8.42 Å². The minimum absolute atomic E-state index is 0.249. The predicted octanol–water partition coefficient (Wildman–Crippen LogP) is 1.68. The van der Waals surface area contributed by atoms with Crippen LogP contribution in [0.3, 0.4) is 0 Å². The number of rotatable bonds is 11. The van der Waals surface area contributed by atoms with Gasteiger partial charge < -0.3 is 19.7 Å². The molecule has 2 amide bonds. The first kappa shape index (κ1) is 26.0. The third-order valence-corrected chi connectivity index (χ3v) is 6.37. The van der Waals surface area contributed by atoms with Crippen LogP contribution in [0, 0.1) is 0 Å². The molecule has 0 aliphatic carbocycles. The summed E-state index contributed by atoms with van der Waals surface area (Å²) in [5, 5.41) is 2.55. The number of amides is 2. The van der Waals surface area contributed by atoms with Gasteiger partial charge in [0.1, 0.15) is 12.6 Å². The van der Waals surface area contributed by atoms with E-state index in [4.69, 9.17) is 9.47 Å². The number of likely N-dealkylation sites (N-methyl/N-ethyl adjacent to an activating group) is 1. The molecule has 0 aliphatic rings. The van der Waals surface area contributed by atoms with Gasteiger partial charge in [-0.3, -0.25) is 13.9 Å². The second kappa shape index (κ2) is 11.6. The molecule has 9 nitrogen and oxygen atoms in total. The number of carbonyl (C=O) groups is 2. The van der Waals surface area contributed by atoms with E-state index in [9.17, 15) is 18.0 Å². The molecule has 10 heteroatoms. The Labute approximate surface area is 195 Å². The minimum atomic E-state index is -3.82. The lowest BCUT2D eigenvalue weighted by Gasteiger charge is -2.31. The summed E-state index contributed by atoms with van der Waals surface area (Å²) < 4.78 is 36.6. The fourth-order valence-electron chi connectivity index (χ4n) is 3.37. The van der Waals surface area contributed by atoms with Crippen molar-refractivity contribution in [3.8, 4) is 11.5 Å². The van der Waals surface area contributed by atoms with Gasteiger partial charge in [-0.1, -0.05) is 30.3 Å². The van der Waals surface area contributed by atoms with Crippen LogP contribution in [0.15, 0.2) is 48.5 Å². The molecule has 0 saturated carbocycles. The summed E-state index contributed by atoms with van der Waals surface area (Å²) in [5.41, 5.74) is 1.25. The van der Waals surface area contributed by atoms with E-state index < -0.39 is 28.5 Å². The van der Waals surface area contributed by atoms with Crippen LogP contribution in [0.1, 0.15) is 12.5 Å². The first-order chi connectivity index (χ1) is 15.6. The SMILES string of the molecule is CNC(=O)[C@H](C)N(CCc1ccccc1)C(=O)CN(c1ccc(OC)c(OC)c1)S(C)(=O)=O. The van der Waals surface area contributed by atoms with Gasteiger partial charge in [-0.2, -0.15) is 0 Å². The highest BCUT2D eigenvalue weighted by atomic mass is 32.2. The Morgan fingerprint density at radius 2 is 1.67 bits per heavy atom. The van der Waals surface area contributed by atoms with E-state index >= 15 is 0 Å².